The number of allylic oxidation sites excluding steroid dienone is 13. The molecule has 0 saturated carbocycles. The van der Waals surface area contributed by atoms with Crippen molar-refractivity contribution in [2.75, 3.05) is 16.3 Å². The Bertz CT molecular complexity index is 2640. The zero-order chi connectivity index (χ0) is 40.5. The van der Waals surface area contributed by atoms with Crippen LogP contribution in [0.5, 0.6) is 0 Å². The van der Waals surface area contributed by atoms with Gasteiger partial charge in [0, 0.05) is 52.7 Å². The van der Waals surface area contributed by atoms with Crippen molar-refractivity contribution in [2.45, 2.75) is 25.7 Å². The molecule has 0 aliphatic heterocycles. The third-order valence-electron chi connectivity index (χ3n) is 13.1. The van der Waals surface area contributed by atoms with Crippen LogP contribution in [-0.2, 0) is 5.41 Å². The van der Waals surface area contributed by atoms with Crippen LogP contribution in [0.1, 0.15) is 42.5 Å². The summed E-state index contributed by atoms with van der Waals surface area (Å²) >= 11 is 0. The molecule has 6 aromatic rings. The summed E-state index contributed by atoms with van der Waals surface area (Å²) in [7, 11) is 0. The summed E-state index contributed by atoms with van der Waals surface area (Å²) in [6.45, 7) is 5.46. The molecule has 4 aliphatic rings. The van der Waals surface area contributed by atoms with Crippen LogP contribution >= 0.6 is 0 Å². The van der Waals surface area contributed by atoms with Gasteiger partial charge in [0.15, 0.2) is 0 Å². The lowest BCUT2D eigenvalue weighted by atomic mass is 9.61. The maximum atomic E-state index is 2.53. The third-order valence-corrected chi connectivity index (χ3v) is 13.1. The molecule has 0 radical (unpaired) electrons. The highest BCUT2D eigenvalue weighted by Gasteiger charge is 2.53. The molecule has 10 rings (SSSR count). The van der Waals surface area contributed by atoms with Gasteiger partial charge in [-0.2, -0.15) is 0 Å². The summed E-state index contributed by atoms with van der Waals surface area (Å²) in [5.41, 5.74) is 16.2. The molecular weight excluding hydrogens is 725 g/mol. The number of hydrogen-bond acceptors (Lipinski definition) is 2. The second-order valence-corrected chi connectivity index (χ2v) is 16.4. The van der Waals surface area contributed by atoms with Gasteiger partial charge < -0.3 is 9.80 Å². The average molecular weight is 775 g/mol. The van der Waals surface area contributed by atoms with E-state index in [9.17, 15) is 0 Å². The maximum absolute atomic E-state index is 2.53. The topological polar surface area (TPSA) is 6.48 Å². The minimum Gasteiger partial charge on any atom is -0.338 e. The molecular formula is C58H50N2. The molecule has 4 aliphatic carbocycles. The molecule has 2 nitrogen and oxygen atoms in total. The maximum Gasteiger partial charge on any atom is 0.0717 e. The molecule has 0 bridgehead atoms. The van der Waals surface area contributed by atoms with Crippen molar-refractivity contribution in [2.24, 2.45) is 17.8 Å². The SMILES string of the molecule is CC1=C(/C=C\CN(c2ccccc2)c2ccccc2)C2=C(c3ccc(N(C4=CC=CCC4C)c4ccccc4)cc3C2(c2ccccc2)c2ccccc2)C2C=CC=CC12. The fourth-order valence-electron chi connectivity index (χ4n) is 10.3. The molecule has 3 unspecified atom stereocenters. The monoisotopic (exact) mass is 774 g/mol. The zero-order valence-electron chi connectivity index (χ0n) is 34.4. The Morgan fingerprint density at radius 2 is 1.15 bits per heavy atom. The molecule has 0 saturated heterocycles. The first-order chi connectivity index (χ1) is 29.6. The predicted octanol–water partition coefficient (Wildman–Crippen LogP) is 14.5. The van der Waals surface area contributed by atoms with Gasteiger partial charge in [0.05, 0.1) is 5.41 Å². The van der Waals surface area contributed by atoms with E-state index in [1.54, 1.807) is 0 Å². The summed E-state index contributed by atoms with van der Waals surface area (Å²) in [6, 6.07) is 62.4. The van der Waals surface area contributed by atoms with E-state index < -0.39 is 5.41 Å². The van der Waals surface area contributed by atoms with Crippen molar-refractivity contribution in [1.29, 1.82) is 0 Å². The lowest BCUT2D eigenvalue weighted by molar-refractivity contribution is 0.620. The normalized spacial score (nSPS) is 19.8. The van der Waals surface area contributed by atoms with E-state index in [-0.39, 0.29) is 11.8 Å². The number of fused-ring (bicyclic) bond motifs is 4. The first kappa shape index (κ1) is 37.4. The Morgan fingerprint density at radius 3 is 1.73 bits per heavy atom. The van der Waals surface area contributed by atoms with Gasteiger partial charge in [-0.1, -0.05) is 182 Å². The third kappa shape index (κ3) is 6.35. The first-order valence-electron chi connectivity index (χ1n) is 21.5. The van der Waals surface area contributed by atoms with Crippen LogP contribution in [0.15, 0.2) is 247 Å². The van der Waals surface area contributed by atoms with Crippen LogP contribution in [-0.4, -0.2) is 6.54 Å². The van der Waals surface area contributed by atoms with E-state index in [0.29, 0.717) is 5.92 Å². The Labute approximate surface area is 355 Å². The summed E-state index contributed by atoms with van der Waals surface area (Å²) in [5.74, 6) is 0.836. The Kier molecular flexibility index (Phi) is 9.99. The minimum atomic E-state index is -0.586. The minimum absolute atomic E-state index is 0.211. The smallest absolute Gasteiger partial charge is 0.0717 e. The number of hydrogen-bond donors (Lipinski definition) is 0. The van der Waals surface area contributed by atoms with Crippen molar-refractivity contribution in [3.05, 3.63) is 269 Å². The molecule has 0 heterocycles. The van der Waals surface area contributed by atoms with Crippen LogP contribution in [0.3, 0.4) is 0 Å². The standard InChI is InChI=1S/C58H50N2/c1-42-23-18-21-37-55(42)60(48-32-16-7-17-33-48)49-38-39-53-54(41-49)58(44-24-8-3-9-25-44,45-26-10-4-11-27-45)57-51(43(2)50-34-19-20-35-52(50)56(53)57)36-22-40-59(46-28-12-5-13-29-46)47-30-14-6-15-31-47/h3-22,24-39,41-42,50,52H,23,40H2,1-2H3/b36-22-. The van der Waals surface area contributed by atoms with Crippen molar-refractivity contribution in [3.8, 4) is 0 Å². The van der Waals surface area contributed by atoms with Crippen LogP contribution in [0, 0.1) is 17.8 Å². The molecule has 0 fully saturated rings. The predicted molar refractivity (Wildman–Crippen MR) is 253 cm³/mol. The lowest BCUT2D eigenvalue weighted by Crippen LogP contribution is -2.33. The summed E-state index contributed by atoms with van der Waals surface area (Å²) in [6.07, 6.45) is 22.1. The molecule has 6 aromatic carbocycles. The lowest BCUT2D eigenvalue weighted by Gasteiger charge is -2.41. The van der Waals surface area contributed by atoms with Gasteiger partial charge in [0.1, 0.15) is 0 Å². The molecule has 0 amide bonds. The van der Waals surface area contributed by atoms with E-state index >= 15 is 0 Å². The number of anilines is 4. The number of benzene rings is 6. The van der Waals surface area contributed by atoms with Crippen LogP contribution in [0.2, 0.25) is 0 Å². The van der Waals surface area contributed by atoms with Crippen molar-refractivity contribution >= 4 is 28.3 Å². The molecule has 60 heavy (non-hydrogen) atoms. The van der Waals surface area contributed by atoms with Crippen molar-refractivity contribution < 1.29 is 0 Å². The highest BCUT2D eigenvalue weighted by atomic mass is 15.2. The second kappa shape index (κ2) is 16.0. The van der Waals surface area contributed by atoms with Gasteiger partial charge in [-0.3, -0.25) is 0 Å². The van der Waals surface area contributed by atoms with Crippen LogP contribution < -0.4 is 9.80 Å². The first-order valence-corrected chi connectivity index (χ1v) is 21.5. The molecule has 2 heteroatoms. The van der Waals surface area contributed by atoms with E-state index in [0.717, 1.165) is 13.0 Å². The van der Waals surface area contributed by atoms with Crippen molar-refractivity contribution in [3.63, 3.8) is 0 Å². The number of nitrogens with zero attached hydrogens (tertiary/aromatic N) is 2. The molecule has 292 valence electrons. The van der Waals surface area contributed by atoms with Crippen LogP contribution in [0.4, 0.5) is 22.7 Å². The molecule has 0 N–H and O–H groups in total. The van der Waals surface area contributed by atoms with E-state index in [4.69, 9.17) is 0 Å². The second-order valence-electron chi connectivity index (χ2n) is 16.4. The zero-order valence-corrected chi connectivity index (χ0v) is 34.4. The van der Waals surface area contributed by atoms with Crippen molar-refractivity contribution in [1.82, 2.24) is 0 Å². The summed E-state index contributed by atoms with van der Waals surface area (Å²) in [4.78, 5) is 4.91. The van der Waals surface area contributed by atoms with Crippen LogP contribution in [0.25, 0.3) is 5.57 Å². The molecule has 0 spiro atoms. The molecule has 0 aromatic heterocycles. The number of para-hydroxylation sites is 3. The van der Waals surface area contributed by atoms with Gasteiger partial charge in [0.2, 0.25) is 0 Å². The molecule has 3 atom stereocenters. The number of rotatable bonds is 10. The van der Waals surface area contributed by atoms with E-state index in [1.807, 2.05) is 0 Å². The fraction of sp³-hybridized carbons (Fsp3) is 0.138. The average Bonchev–Trinajstić information content (AvgIpc) is 3.62. The van der Waals surface area contributed by atoms with Gasteiger partial charge in [0.25, 0.3) is 0 Å². The highest BCUT2D eigenvalue weighted by Crippen LogP contribution is 2.63. The Hall–Kier alpha value is -6.90. The van der Waals surface area contributed by atoms with Gasteiger partial charge in [-0.15, -0.1) is 0 Å². The van der Waals surface area contributed by atoms with Gasteiger partial charge in [-0.05, 0) is 107 Å². The largest absolute Gasteiger partial charge is 0.338 e. The summed E-state index contributed by atoms with van der Waals surface area (Å²) in [5, 5.41) is 0. The Balaban J connectivity index is 1.22. The highest BCUT2D eigenvalue weighted by molar-refractivity contribution is 5.94. The van der Waals surface area contributed by atoms with Gasteiger partial charge in [-0.25, -0.2) is 0 Å². The van der Waals surface area contributed by atoms with Gasteiger partial charge >= 0.3 is 0 Å². The Morgan fingerprint density at radius 1 is 0.600 bits per heavy atom. The van der Waals surface area contributed by atoms with E-state index in [2.05, 4.69) is 248 Å². The van der Waals surface area contributed by atoms with E-state index in [1.165, 1.54) is 73.0 Å². The quantitative estimate of drug-likeness (QED) is 0.137. The summed E-state index contributed by atoms with van der Waals surface area (Å²) < 4.78 is 0. The fourth-order valence-corrected chi connectivity index (χ4v) is 10.3.